The lowest BCUT2D eigenvalue weighted by atomic mass is 10.5. The van der Waals surface area contributed by atoms with Gasteiger partial charge in [-0.25, -0.2) is 4.98 Å². The molecule has 0 amide bonds. The van der Waals surface area contributed by atoms with Gasteiger partial charge in [0.05, 0.1) is 0 Å². The van der Waals surface area contributed by atoms with Crippen LogP contribution in [0.1, 0.15) is 0 Å². The van der Waals surface area contributed by atoms with Gasteiger partial charge < -0.3 is 16.7 Å². The van der Waals surface area contributed by atoms with Crippen molar-refractivity contribution in [3.05, 3.63) is 16.7 Å². The number of anilines is 2. The van der Waals surface area contributed by atoms with Gasteiger partial charge in [-0.05, 0) is 0 Å². The number of nitrogens with zero attached hydrogens (tertiary/aromatic N) is 2. The molecule has 0 saturated heterocycles. The van der Waals surface area contributed by atoms with Crippen molar-refractivity contribution in [3.63, 3.8) is 0 Å². The van der Waals surface area contributed by atoms with E-state index in [0.717, 1.165) is 6.33 Å². The van der Waals surface area contributed by atoms with Crippen LogP contribution in [0.5, 0.6) is 0 Å². The Morgan fingerprint density at radius 3 is 2.70 bits per heavy atom. The summed E-state index contributed by atoms with van der Waals surface area (Å²) in [5.74, 6) is -0.0738. The fraction of sp³-hybridized carbons (Fsp3) is 0. The second-order valence-electron chi connectivity index (χ2n) is 1.69. The van der Waals surface area contributed by atoms with Crippen LogP contribution in [0.2, 0.25) is 0 Å². The molecule has 0 bridgehead atoms. The van der Waals surface area contributed by atoms with Crippen molar-refractivity contribution in [1.29, 1.82) is 0 Å². The Hall–Kier alpha value is -1.72. The largest absolute Gasteiger partial charge is 0.424 e. The summed E-state index contributed by atoms with van der Waals surface area (Å²) in [6.45, 7) is 0. The van der Waals surface area contributed by atoms with E-state index in [2.05, 4.69) is 4.98 Å². The molecule has 0 saturated carbocycles. The topological polar surface area (TPSA) is 107 Å². The van der Waals surface area contributed by atoms with Crippen molar-refractivity contribution in [3.8, 4) is 0 Å². The van der Waals surface area contributed by atoms with Crippen molar-refractivity contribution in [2.75, 3.05) is 11.5 Å². The number of nitrogen functional groups attached to an aromatic ring is 2. The lowest BCUT2D eigenvalue weighted by Crippen LogP contribution is -2.22. The number of aromatic nitrogens is 2. The molecule has 6 nitrogen and oxygen atoms in total. The van der Waals surface area contributed by atoms with Gasteiger partial charge >= 0.3 is 5.56 Å². The van der Waals surface area contributed by atoms with Crippen LogP contribution in [0.4, 0.5) is 11.5 Å². The van der Waals surface area contributed by atoms with Gasteiger partial charge in [0.25, 0.3) is 0 Å². The summed E-state index contributed by atoms with van der Waals surface area (Å²) in [6, 6.07) is 0. The molecule has 0 unspecified atom stereocenters. The summed E-state index contributed by atoms with van der Waals surface area (Å²) in [7, 11) is 0. The zero-order valence-corrected chi connectivity index (χ0v) is 4.98. The van der Waals surface area contributed by atoms with E-state index in [1.165, 1.54) is 0 Å². The monoisotopic (exact) mass is 142 g/mol. The molecule has 54 valence electrons. The van der Waals surface area contributed by atoms with Crippen LogP contribution in [-0.2, 0) is 0 Å². The lowest BCUT2D eigenvalue weighted by Gasteiger charge is -1.97. The van der Waals surface area contributed by atoms with Crippen molar-refractivity contribution in [1.82, 2.24) is 9.71 Å². The minimum Gasteiger partial charge on any atom is -0.424 e. The van der Waals surface area contributed by atoms with E-state index < -0.39 is 5.56 Å². The third-order valence-corrected chi connectivity index (χ3v) is 1.02. The number of nitrogens with two attached hydrogens (primary N) is 2. The summed E-state index contributed by atoms with van der Waals surface area (Å²) < 4.78 is 0.270. The van der Waals surface area contributed by atoms with Crippen LogP contribution < -0.4 is 17.0 Å². The highest BCUT2D eigenvalue weighted by Crippen LogP contribution is 1.99. The van der Waals surface area contributed by atoms with Gasteiger partial charge in [-0.1, -0.05) is 0 Å². The third-order valence-electron chi connectivity index (χ3n) is 1.02. The van der Waals surface area contributed by atoms with Crippen molar-refractivity contribution < 1.29 is 5.21 Å². The maximum atomic E-state index is 10.7. The normalized spacial score (nSPS) is 9.60. The quantitative estimate of drug-likeness (QED) is 0.388. The van der Waals surface area contributed by atoms with E-state index in [-0.39, 0.29) is 16.2 Å². The van der Waals surface area contributed by atoms with E-state index in [1.807, 2.05) is 0 Å². The number of hydrogen-bond donors (Lipinski definition) is 3. The summed E-state index contributed by atoms with van der Waals surface area (Å²) in [6.07, 6.45) is 0.883. The first kappa shape index (κ1) is 6.40. The first-order chi connectivity index (χ1) is 4.63. The third kappa shape index (κ3) is 0.750. The Labute approximate surface area is 55.7 Å². The van der Waals surface area contributed by atoms with Gasteiger partial charge in [0.15, 0.2) is 5.82 Å². The Morgan fingerprint density at radius 2 is 2.20 bits per heavy atom. The maximum Gasteiger partial charge on any atom is 0.311 e. The van der Waals surface area contributed by atoms with Crippen molar-refractivity contribution in [2.45, 2.75) is 0 Å². The zero-order chi connectivity index (χ0) is 7.72. The molecule has 6 heteroatoms. The molecule has 0 aliphatic carbocycles. The molecule has 0 aliphatic heterocycles. The van der Waals surface area contributed by atoms with Crippen LogP contribution in [0.25, 0.3) is 0 Å². The lowest BCUT2D eigenvalue weighted by molar-refractivity contribution is 0.172. The van der Waals surface area contributed by atoms with E-state index in [0.29, 0.717) is 0 Å². The molecular weight excluding hydrogens is 136 g/mol. The first-order valence-corrected chi connectivity index (χ1v) is 2.45. The summed E-state index contributed by atoms with van der Waals surface area (Å²) in [5.41, 5.74) is 9.23. The molecule has 1 rings (SSSR count). The van der Waals surface area contributed by atoms with Gasteiger partial charge in [0, 0.05) is 0 Å². The molecule has 5 N–H and O–H groups in total. The smallest absolute Gasteiger partial charge is 0.311 e. The zero-order valence-electron chi connectivity index (χ0n) is 4.98. The second-order valence-corrected chi connectivity index (χ2v) is 1.69. The van der Waals surface area contributed by atoms with Gasteiger partial charge in [0.2, 0.25) is 0 Å². The van der Waals surface area contributed by atoms with E-state index >= 15 is 0 Å². The molecule has 1 aromatic heterocycles. The van der Waals surface area contributed by atoms with E-state index in [9.17, 15) is 4.79 Å². The van der Waals surface area contributed by atoms with Crippen molar-refractivity contribution >= 4 is 11.5 Å². The molecule has 0 radical (unpaired) electrons. The molecule has 1 heterocycles. The van der Waals surface area contributed by atoms with Crippen molar-refractivity contribution in [2.24, 2.45) is 0 Å². The molecule has 0 atom stereocenters. The van der Waals surface area contributed by atoms with E-state index in [1.54, 1.807) is 0 Å². The molecule has 0 aromatic carbocycles. The van der Waals surface area contributed by atoms with Crippen LogP contribution >= 0.6 is 0 Å². The van der Waals surface area contributed by atoms with Crippen LogP contribution in [-0.4, -0.2) is 14.9 Å². The highest BCUT2D eigenvalue weighted by atomic mass is 16.5. The van der Waals surface area contributed by atoms with Gasteiger partial charge in [-0.2, -0.15) is 0 Å². The summed E-state index contributed by atoms with van der Waals surface area (Å²) in [5, 5.41) is 8.63. The molecule has 0 fully saturated rings. The Bertz CT molecular complexity index is 305. The fourth-order valence-electron chi connectivity index (χ4n) is 0.472. The predicted octanol–water partition coefficient (Wildman–Crippen LogP) is -1.36. The molecule has 1 aromatic rings. The molecule has 0 aliphatic rings. The maximum absolute atomic E-state index is 10.7. The predicted molar refractivity (Wildman–Crippen MR) is 34.5 cm³/mol. The van der Waals surface area contributed by atoms with Gasteiger partial charge in [-0.3, -0.25) is 4.79 Å². The minimum atomic E-state index is -0.757. The highest BCUT2D eigenvalue weighted by Gasteiger charge is 2.02. The van der Waals surface area contributed by atoms with Crippen LogP contribution in [0.3, 0.4) is 0 Å². The minimum absolute atomic E-state index is 0.0738. The molecule has 0 spiro atoms. The first-order valence-electron chi connectivity index (χ1n) is 2.45. The highest BCUT2D eigenvalue weighted by molar-refractivity contribution is 5.55. The number of rotatable bonds is 0. The van der Waals surface area contributed by atoms with Crippen LogP contribution in [0, 0.1) is 0 Å². The Kier molecular flexibility index (Phi) is 1.22. The molecular formula is C4H6N4O2. The fourth-order valence-corrected chi connectivity index (χ4v) is 0.472. The van der Waals surface area contributed by atoms with Gasteiger partial charge in [-0.15, -0.1) is 4.73 Å². The second kappa shape index (κ2) is 1.90. The van der Waals surface area contributed by atoms with Crippen LogP contribution in [0.15, 0.2) is 11.1 Å². The summed E-state index contributed by atoms with van der Waals surface area (Å²) in [4.78, 5) is 14.1. The SMILES string of the molecule is Nc1ncn(O)c(=O)c1N. The average Bonchev–Trinajstić information content (AvgIpc) is 1.93. The summed E-state index contributed by atoms with van der Waals surface area (Å²) >= 11 is 0. The standard InChI is InChI=1S/C4H6N4O2/c5-2-3(6)7-1-8(10)4(2)9/h1,10H,5-6H2. The van der Waals surface area contributed by atoms with E-state index in [4.69, 9.17) is 16.7 Å². The molecule has 10 heavy (non-hydrogen) atoms. The Balaban J connectivity index is 3.50. The average molecular weight is 142 g/mol. The Morgan fingerprint density at radius 1 is 1.60 bits per heavy atom. The number of hydrogen-bond acceptors (Lipinski definition) is 5. The van der Waals surface area contributed by atoms with Gasteiger partial charge in [0.1, 0.15) is 12.0 Å².